The van der Waals surface area contributed by atoms with Gasteiger partial charge in [0.05, 0.1) is 12.2 Å². The normalized spacial score (nSPS) is 18.1. The maximum absolute atomic E-state index is 12.0. The van der Waals surface area contributed by atoms with Crippen LogP contribution in [-0.4, -0.2) is 46.9 Å². The molecule has 0 fully saturated rings. The molecule has 0 heterocycles. The maximum atomic E-state index is 12.0. The van der Waals surface area contributed by atoms with Crippen LogP contribution in [0.25, 0.3) is 0 Å². The van der Waals surface area contributed by atoms with Gasteiger partial charge in [0.25, 0.3) is 0 Å². The fraction of sp³-hybridized carbons (Fsp3) is 0.351. The number of ether oxygens (including phenoxy) is 4. The molecule has 0 spiro atoms. The fourth-order valence-electron chi connectivity index (χ4n) is 6.16. The summed E-state index contributed by atoms with van der Waals surface area (Å²) in [7, 11) is 0. The molecule has 8 nitrogen and oxygen atoms in total. The van der Waals surface area contributed by atoms with Gasteiger partial charge in [-0.05, 0) is 86.1 Å². The first-order chi connectivity index (χ1) is 21.5. The summed E-state index contributed by atoms with van der Waals surface area (Å²) in [5.74, 6) is -0.235. The summed E-state index contributed by atoms with van der Waals surface area (Å²) in [6.07, 6.45) is 0.343. The minimum atomic E-state index is -1.01. The van der Waals surface area contributed by atoms with Gasteiger partial charge >= 0.3 is 11.9 Å². The van der Waals surface area contributed by atoms with Gasteiger partial charge in [0, 0.05) is 30.4 Å². The predicted octanol–water partition coefficient (Wildman–Crippen LogP) is 5.99. The molecular weight excluding hydrogens is 572 g/mol. The van der Waals surface area contributed by atoms with Crippen molar-refractivity contribution in [2.75, 3.05) is 0 Å². The average molecular weight is 615 g/mol. The molecule has 3 aromatic rings. The minimum absolute atomic E-state index is 0.0831. The third-order valence-electron chi connectivity index (χ3n) is 8.15. The van der Waals surface area contributed by atoms with E-state index in [1.807, 2.05) is 50.2 Å². The van der Waals surface area contributed by atoms with E-state index < -0.39 is 42.1 Å². The van der Waals surface area contributed by atoms with Crippen molar-refractivity contribution in [3.63, 3.8) is 0 Å². The molecule has 0 saturated heterocycles. The van der Waals surface area contributed by atoms with Gasteiger partial charge in [-0.2, -0.15) is 0 Å². The number of aliphatic hydroxyl groups is 2. The third kappa shape index (κ3) is 7.47. The third-order valence-corrected chi connectivity index (χ3v) is 8.15. The number of hydrogen-bond donors (Lipinski definition) is 2. The van der Waals surface area contributed by atoms with Crippen molar-refractivity contribution in [1.82, 2.24) is 0 Å². The minimum Gasteiger partial charge on any atom is -0.454 e. The second-order valence-electron chi connectivity index (χ2n) is 11.5. The molecule has 0 radical (unpaired) electrons. The zero-order valence-corrected chi connectivity index (χ0v) is 26.3. The number of aliphatic hydroxyl groups excluding tert-OH is 2. The summed E-state index contributed by atoms with van der Waals surface area (Å²) in [5.41, 5.74) is 5.52. The van der Waals surface area contributed by atoms with Crippen molar-refractivity contribution in [2.45, 2.75) is 83.6 Å². The van der Waals surface area contributed by atoms with Gasteiger partial charge in [0.15, 0.2) is 0 Å². The number of benzene rings is 3. The molecule has 3 aromatic carbocycles. The highest BCUT2D eigenvalue weighted by Crippen LogP contribution is 2.52. The molecule has 1 aliphatic carbocycles. The maximum Gasteiger partial charge on any atom is 0.333 e. The molecule has 8 heteroatoms. The Hall–Kier alpha value is -4.40. The molecule has 238 valence electrons. The molecule has 4 unspecified atom stereocenters. The van der Waals surface area contributed by atoms with Gasteiger partial charge < -0.3 is 29.2 Å². The van der Waals surface area contributed by atoms with Crippen molar-refractivity contribution in [3.8, 4) is 11.5 Å². The lowest BCUT2D eigenvalue weighted by atomic mass is 9.67. The lowest BCUT2D eigenvalue weighted by Crippen LogP contribution is -2.31. The first-order valence-electron chi connectivity index (χ1n) is 15.1. The highest BCUT2D eigenvalue weighted by molar-refractivity contribution is 5.81. The number of carbonyl (C=O) groups excluding carboxylic acids is 2. The number of fused-ring (bicyclic) bond motifs is 1. The number of rotatable bonds is 14. The Morgan fingerprint density at radius 2 is 1.20 bits per heavy atom. The Kier molecular flexibility index (Phi) is 10.9. The van der Waals surface area contributed by atoms with Crippen LogP contribution in [-0.2, 0) is 30.9 Å². The SMILES string of the molecule is C=CC(=O)OC(CC(C)O)Oc1cccc(C2(c3cccc(OC(CC(C)O)OC(=O)C=C)c3C)CCc3ccccc32)c1C. The highest BCUT2D eigenvalue weighted by Gasteiger charge is 2.44. The first kappa shape index (κ1) is 33.5. The first-order valence-corrected chi connectivity index (χ1v) is 15.1. The van der Waals surface area contributed by atoms with Crippen LogP contribution in [0.2, 0.25) is 0 Å². The zero-order valence-electron chi connectivity index (χ0n) is 26.3. The summed E-state index contributed by atoms with van der Waals surface area (Å²) < 4.78 is 23.3. The molecule has 45 heavy (non-hydrogen) atoms. The lowest BCUT2D eigenvalue weighted by molar-refractivity contribution is -0.162. The van der Waals surface area contributed by atoms with E-state index in [9.17, 15) is 19.8 Å². The van der Waals surface area contributed by atoms with E-state index in [1.54, 1.807) is 13.8 Å². The Morgan fingerprint density at radius 1 is 0.756 bits per heavy atom. The van der Waals surface area contributed by atoms with Gasteiger partial charge in [0.1, 0.15) is 11.5 Å². The van der Waals surface area contributed by atoms with Crippen LogP contribution in [0.1, 0.15) is 66.5 Å². The van der Waals surface area contributed by atoms with Gasteiger partial charge in [-0.25, -0.2) is 9.59 Å². The smallest absolute Gasteiger partial charge is 0.333 e. The zero-order chi connectivity index (χ0) is 32.7. The van der Waals surface area contributed by atoms with Gasteiger partial charge in [-0.1, -0.05) is 61.7 Å². The van der Waals surface area contributed by atoms with Crippen LogP contribution < -0.4 is 9.47 Å². The Labute approximate surface area is 264 Å². The van der Waals surface area contributed by atoms with Crippen LogP contribution in [0.4, 0.5) is 0 Å². The van der Waals surface area contributed by atoms with Crippen molar-refractivity contribution in [2.24, 2.45) is 0 Å². The number of hydrogen-bond acceptors (Lipinski definition) is 8. The van der Waals surface area contributed by atoms with E-state index in [0.29, 0.717) is 11.5 Å². The van der Waals surface area contributed by atoms with E-state index in [4.69, 9.17) is 18.9 Å². The Balaban J connectivity index is 1.85. The second kappa shape index (κ2) is 14.6. The molecule has 0 aromatic heterocycles. The molecule has 4 rings (SSSR count). The second-order valence-corrected chi connectivity index (χ2v) is 11.5. The van der Waals surface area contributed by atoms with Gasteiger partial charge in [0.2, 0.25) is 12.6 Å². The van der Waals surface area contributed by atoms with Crippen molar-refractivity contribution in [3.05, 3.63) is 119 Å². The van der Waals surface area contributed by atoms with Crippen LogP contribution in [0, 0.1) is 13.8 Å². The van der Waals surface area contributed by atoms with E-state index in [0.717, 1.165) is 52.8 Å². The molecule has 0 saturated carbocycles. The summed E-state index contributed by atoms with van der Waals surface area (Å²) in [6.45, 7) is 14.1. The van der Waals surface area contributed by atoms with Crippen LogP contribution in [0.15, 0.2) is 86.0 Å². The number of carbonyl (C=O) groups is 2. The van der Waals surface area contributed by atoms with E-state index >= 15 is 0 Å². The van der Waals surface area contributed by atoms with Gasteiger partial charge in [-0.3, -0.25) is 0 Å². The van der Waals surface area contributed by atoms with Crippen molar-refractivity contribution in [1.29, 1.82) is 0 Å². The molecule has 4 atom stereocenters. The monoisotopic (exact) mass is 614 g/mol. The quantitative estimate of drug-likeness (QED) is 0.129. The van der Waals surface area contributed by atoms with Crippen molar-refractivity contribution < 1.29 is 38.7 Å². The molecular formula is C37H42O8. The lowest BCUT2D eigenvalue weighted by Gasteiger charge is -2.36. The van der Waals surface area contributed by atoms with Crippen molar-refractivity contribution >= 4 is 11.9 Å². The molecule has 2 N–H and O–H groups in total. The van der Waals surface area contributed by atoms with E-state index in [1.165, 1.54) is 5.56 Å². The largest absolute Gasteiger partial charge is 0.454 e. The Morgan fingerprint density at radius 3 is 1.64 bits per heavy atom. The van der Waals surface area contributed by atoms with Crippen LogP contribution in [0.3, 0.4) is 0 Å². The molecule has 0 aliphatic heterocycles. The van der Waals surface area contributed by atoms with Gasteiger partial charge in [-0.15, -0.1) is 0 Å². The molecule has 0 bridgehead atoms. The summed E-state index contributed by atoms with van der Waals surface area (Å²) in [5, 5.41) is 20.1. The number of esters is 2. The van der Waals surface area contributed by atoms with Crippen LogP contribution >= 0.6 is 0 Å². The molecule has 1 aliphatic rings. The molecule has 0 amide bonds. The fourth-order valence-corrected chi connectivity index (χ4v) is 6.16. The predicted molar refractivity (Wildman–Crippen MR) is 171 cm³/mol. The Bertz CT molecular complexity index is 1450. The van der Waals surface area contributed by atoms with E-state index in [-0.39, 0.29) is 12.8 Å². The standard InChI is InChI=1S/C37H42O8/c1-7-33(40)44-35(21-23(3)38)42-31-17-11-15-28(25(31)5)37(20-19-27-13-9-10-14-30(27)37)29-16-12-18-32(26(29)6)43-36(22-24(4)39)45-34(41)8-2/h7-18,23-24,35-36,38-39H,1-2,19-22H2,3-6H3. The topological polar surface area (TPSA) is 112 Å². The van der Waals surface area contributed by atoms with Crippen LogP contribution in [0.5, 0.6) is 11.5 Å². The summed E-state index contributed by atoms with van der Waals surface area (Å²) in [4.78, 5) is 24.1. The summed E-state index contributed by atoms with van der Waals surface area (Å²) >= 11 is 0. The highest BCUT2D eigenvalue weighted by atomic mass is 16.7. The summed E-state index contributed by atoms with van der Waals surface area (Å²) in [6, 6.07) is 20.0. The number of aryl methyl sites for hydroxylation is 1. The average Bonchev–Trinajstić information content (AvgIpc) is 3.38. The van der Waals surface area contributed by atoms with E-state index in [2.05, 4.69) is 37.4 Å².